The quantitative estimate of drug-likeness (QED) is 0.484. The fourth-order valence-electron chi connectivity index (χ4n) is 3.78. The SMILES string of the molecule is O=C(Nc1cccc(S(=O)(=O)N2CCOCC2)c1)c1cc(-c2ccco2)nc2ccccc12. The number of pyridine rings is 1. The van der Waals surface area contributed by atoms with Crippen molar-refractivity contribution in [3.63, 3.8) is 0 Å². The van der Waals surface area contributed by atoms with E-state index in [2.05, 4.69) is 10.3 Å². The van der Waals surface area contributed by atoms with Gasteiger partial charge >= 0.3 is 0 Å². The van der Waals surface area contributed by atoms with Gasteiger partial charge in [-0.1, -0.05) is 24.3 Å². The second kappa shape index (κ2) is 8.78. The molecule has 1 amide bonds. The molecule has 3 heterocycles. The van der Waals surface area contributed by atoms with Gasteiger partial charge in [0.1, 0.15) is 5.69 Å². The number of hydrogen-bond donors (Lipinski definition) is 1. The molecule has 1 fully saturated rings. The minimum atomic E-state index is -3.68. The second-order valence-electron chi connectivity index (χ2n) is 7.55. The summed E-state index contributed by atoms with van der Waals surface area (Å²) in [5.41, 5.74) is 1.98. The molecular formula is C24H21N3O5S. The molecule has 9 heteroatoms. The average molecular weight is 464 g/mol. The third-order valence-corrected chi connectivity index (χ3v) is 7.33. The molecule has 1 aliphatic rings. The summed E-state index contributed by atoms with van der Waals surface area (Å²) < 4.78 is 38.1. The topological polar surface area (TPSA) is 102 Å². The van der Waals surface area contributed by atoms with Gasteiger partial charge in [-0.3, -0.25) is 4.79 Å². The fourth-order valence-corrected chi connectivity index (χ4v) is 5.24. The number of carbonyl (C=O) groups excluding carboxylic acids is 1. The van der Waals surface area contributed by atoms with E-state index in [0.717, 1.165) is 0 Å². The zero-order valence-corrected chi connectivity index (χ0v) is 18.4. The lowest BCUT2D eigenvalue weighted by atomic mass is 10.1. The summed E-state index contributed by atoms with van der Waals surface area (Å²) in [6.45, 7) is 1.33. The van der Waals surface area contributed by atoms with Gasteiger partial charge in [0.05, 0.1) is 35.5 Å². The molecule has 0 bridgehead atoms. The first-order chi connectivity index (χ1) is 16.0. The third kappa shape index (κ3) is 4.25. The van der Waals surface area contributed by atoms with E-state index in [4.69, 9.17) is 9.15 Å². The summed E-state index contributed by atoms with van der Waals surface area (Å²) in [6.07, 6.45) is 1.55. The highest BCUT2D eigenvalue weighted by molar-refractivity contribution is 7.89. The maximum atomic E-state index is 13.3. The number of benzene rings is 2. The number of para-hydroxylation sites is 1. The van der Waals surface area contributed by atoms with E-state index in [9.17, 15) is 13.2 Å². The van der Waals surface area contributed by atoms with Crippen LogP contribution in [0.4, 0.5) is 5.69 Å². The number of morpholine rings is 1. The first-order valence-corrected chi connectivity index (χ1v) is 11.9. The first kappa shape index (κ1) is 21.3. The number of sulfonamides is 1. The highest BCUT2D eigenvalue weighted by atomic mass is 32.2. The molecule has 0 saturated carbocycles. The van der Waals surface area contributed by atoms with Crippen molar-refractivity contribution in [2.24, 2.45) is 0 Å². The fraction of sp³-hybridized carbons (Fsp3) is 0.167. The number of fused-ring (bicyclic) bond motifs is 1. The van der Waals surface area contributed by atoms with Crippen LogP contribution < -0.4 is 5.32 Å². The third-order valence-electron chi connectivity index (χ3n) is 5.43. The highest BCUT2D eigenvalue weighted by Crippen LogP contribution is 2.27. The van der Waals surface area contributed by atoms with Crippen LogP contribution in [-0.2, 0) is 14.8 Å². The van der Waals surface area contributed by atoms with E-state index in [1.54, 1.807) is 36.6 Å². The first-order valence-electron chi connectivity index (χ1n) is 10.5. The Morgan fingerprint density at radius 3 is 2.58 bits per heavy atom. The Hall–Kier alpha value is -3.53. The van der Waals surface area contributed by atoms with E-state index in [0.29, 0.717) is 59.9 Å². The van der Waals surface area contributed by atoms with Gasteiger partial charge in [0, 0.05) is 24.2 Å². The molecule has 4 aromatic rings. The molecule has 0 radical (unpaired) electrons. The molecule has 8 nitrogen and oxygen atoms in total. The summed E-state index contributed by atoms with van der Waals surface area (Å²) >= 11 is 0. The number of nitrogens with one attached hydrogen (secondary N) is 1. The highest BCUT2D eigenvalue weighted by Gasteiger charge is 2.26. The van der Waals surface area contributed by atoms with Crippen LogP contribution >= 0.6 is 0 Å². The van der Waals surface area contributed by atoms with Crippen LogP contribution in [0.2, 0.25) is 0 Å². The Bertz CT molecular complexity index is 1410. The summed E-state index contributed by atoms with van der Waals surface area (Å²) in [7, 11) is -3.68. The summed E-state index contributed by atoms with van der Waals surface area (Å²) in [5, 5.41) is 3.52. The van der Waals surface area contributed by atoms with E-state index >= 15 is 0 Å². The molecule has 168 valence electrons. The lowest BCUT2D eigenvalue weighted by molar-refractivity contribution is 0.0730. The Kier molecular flexibility index (Phi) is 5.67. The number of rotatable bonds is 5. The molecule has 0 spiro atoms. The molecule has 2 aromatic heterocycles. The largest absolute Gasteiger partial charge is 0.463 e. The van der Waals surface area contributed by atoms with Crippen molar-refractivity contribution >= 4 is 32.5 Å². The van der Waals surface area contributed by atoms with Gasteiger partial charge in [-0.2, -0.15) is 4.31 Å². The maximum Gasteiger partial charge on any atom is 0.256 e. The maximum absolute atomic E-state index is 13.3. The molecule has 5 rings (SSSR count). The van der Waals surface area contributed by atoms with Gasteiger partial charge in [0.15, 0.2) is 5.76 Å². The molecule has 0 atom stereocenters. The van der Waals surface area contributed by atoms with Crippen LogP contribution in [0.5, 0.6) is 0 Å². The summed E-state index contributed by atoms with van der Waals surface area (Å²) in [4.78, 5) is 18.0. The number of hydrogen-bond acceptors (Lipinski definition) is 6. The van der Waals surface area contributed by atoms with E-state index in [1.807, 2.05) is 24.3 Å². The number of amides is 1. The number of aromatic nitrogens is 1. The zero-order chi connectivity index (χ0) is 22.8. The van der Waals surface area contributed by atoms with Crippen LogP contribution in [0, 0.1) is 0 Å². The van der Waals surface area contributed by atoms with Crippen LogP contribution in [0.25, 0.3) is 22.4 Å². The van der Waals surface area contributed by atoms with Gasteiger partial charge < -0.3 is 14.5 Å². The number of ether oxygens (including phenoxy) is 1. The Morgan fingerprint density at radius 2 is 1.79 bits per heavy atom. The predicted molar refractivity (Wildman–Crippen MR) is 123 cm³/mol. The minimum absolute atomic E-state index is 0.123. The molecular weight excluding hydrogens is 442 g/mol. The van der Waals surface area contributed by atoms with E-state index in [-0.39, 0.29) is 10.8 Å². The summed E-state index contributed by atoms with van der Waals surface area (Å²) in [6, 6.07) is 18.8. The summed E-state index contributed by atoms with van der Waals surface area (Å²) in [5.74, 6) is 0.177. The number of furan rings is 1. The smallest absolute Gasteiger partial charge is 0.256 e. The van der Waals surface area contributed by atoms with Crippen molar-refractivity contribution in [3.05, 3.63) is 78.6 Å². The minimum Gasteiger partial charge on any atom is -0.463 e. The van der Waals surface area contributed by atoms with E-state index < -0.39 is 10.0 Å². The van der Waals surface area contributed by atoms with Crippen LogP contribution in [0.15, 0.2) is 82.3 Å². The molecule has 1 N–H and O–H groups in total. The molecule has 0 aliphatic carbocycles. The number of anilines is 1. The standard InChI is InChI=1S/C24H21N3O5S/c28-24(20-16-22(23-9-4-12-32-23)26-21-8-2-1-7-19(20)21)25-17-5-3-6-18(15-17)33(29,30)27-10-13-31-14-11-27/h1-9,12,15-16H,10-11,13-14H2,(H,25,28). The lowest BCUT2D eigenvalue weighted by Gasteiger charge is -2.26. The molecule has 2 aromatic carbocycles. The Labute approximate surface area is 190 Å². The van der Waals surface area contributed by atoms with Crippen molar-refractivity contribution in [3.8, 4) is 11.5 Å². The predicted octanol–water partition coefficient (Wildman–Crippen LogP) is 3.77. The van der Waals surface area contributed by atoms with Gasteiger partial charge in [0.25, 0.3) is 5.91 Å². The molecule has 33 heavy (non-hydrogen) atoms. The van der Waals surface area contributed by atoms with E-state index in [1.165, 1.54) is 16.4 Å². The van der Waals surface area contributed by atoms with Crippen LogP contribution in [0.1, 0.15) is 10.4 Å². The Balaban J connectivity index is 1.47. The van der Waals surface area contributed by atoms with Crippen molar-refractivity contribution in [1.82, 2.24) is 9.29 Å². The molecule has 1 saturated heterocycles. The van der Waals surface area contributed by atoms with Crippen LogP contribution in [0.3, 0.4) is 0 Å². The van der Waals surface area contributed by atoms with Crippen molar-refractivity contribution < 1.29 is 22.4 Å². The second-order valence-corrected chi connectivity index (χ2v) is 9.49. The van der Waals surface area contributed by atoms with Gasteiger partial charge in [0.2, 0.25) is 10.0 Å². The average Bonchev–Trinajstić information content (AvgIpc) is 3.39. The lowest BCUT2D eigenvalue weighted by Crippen LogP contribution is -2.40. The monoisotopic (exact) mass is 463 g/mol. The van der Waals surface area contributed by atoms with Crippen molar-refractivity contribution in [2.45, 2.75) is 4.90 Å². The normalized spacial score (nSPS) is 14.9. The van der Waals surface area contributed by atoms with Gasteiger partial charge in [-0.15, -0.1) is 0 Å². The van der Waals surface area contributed by atoms with Gasteiger partial charge in [-0.05, 0) is 42.5 Å². The van der Waals surface area contributed by atoms with Crippen molar-refractivity contribution in [1.29, 1.82) is 0 Å². The molecule has 1 aliphatic heterocycles. The van der Waals surface area contributed by atoms with Crippen molar-refractivity contribution in [2.75, 3.05) is 31.6 Å². The molecule has 0 unspecified atom stereocenters. The van der Waals surface area contributed by atoms with Gasteiger partial charge in [-0.25, -0.2) is 13.4 Å². The Morgan fingerprint density at radius 1 is 0.970 bits per heavy atom. The zero-order valence-electron chi connectivity index (χ0n) is 17.6. The number of carbonyl (C=O) groups is 1. The van der Waals surface area contributed by atoms with Crippen LogP contribution in [-0.4, -0.2) is 49.9 Å². The number of nitrogens with zero attached hydrogens (tertiary/aromatic N) is 2.